The van der Waals surface area contributed by atoms with Gasteiger partial charge >= 0.3 is 5.97 Å². The summed E-state index contributed by atoms with van der Waals surface area (Å²) in [6.07, 6.45) is 5.91. The Labute approximate surface area is 97.0 Å². The standard InChI is InChI=1S/C12H22N2O2/c1-14(10-4-8-13-9-5-10)12(11(15)16)6-2-3-7-12/h10,13H,2-9H2,1H3,(H,15,16). The molecule has 1 saturated carbocycles. The van der Waals surface area contributed by atoms with Crippen molar-refractivity contribution in [2.45, 2.75) is 50.1 Å². The highest BCUT2D eigenvalue weighted by Gasteiger charge is 2.47. The van der Waals surface area contributed by atoms with Gasteiger partial charge in [0, 0.05) is 6.04 Å². The van der Waals surface area contributed by atoms with E-state index in [2.05, 4.69) is 10.2 Å². The van der Waals surface area contributed by atoms with Crippen LogP contribution in [0.4, 0.5) is 0 Å². The van der Waals surface area contributed by atoms with E-state index < -0.39 is 11.5 Å². The van der Waals surface area contributed by atoms with Crippen molar-refractivity contribution < 1.29 is 9.90 Å². The van der Waals surface area contributed by atoms with Gasteiger partial charge in [0.25, 0.3) is 0 Å². The van der Waals surface area contributed by atoms with Gasteiger partial charge in [-0.1, -0.05) is 12.8 Å². The summed E-state index contributed by atoms with van der Waals surface area (Å²) in [5.74, 6) is -0.619. The highest BCUT2D eigenvalue weighted by atomic mass is 16.4. The summed E-state index contributed by atoms with van der Waals surface area (Å²) in [6, 6.07) is 0.440. The molecule has 4 nitrogen and oxygen atoms in total. The zero-order valence-electron chi connectivity index (χ0n) is 10.0. The molecule has 0 aromatic rings. The first kappa shape index (κ1) is 11.9. The Morgan fingerprint density at radius 3 is 2.38 bits per heavy atom. The van der Waals surface area contributed by atoms with Crippen LogP contribution in [0.25, 0.3) is 0 Å². The molecular formula is C12H22N2O2. The van der Waals surface area contributed by atoms with E-state index in [1.54, 1.807) is 0 Å². The predicted octanol–water partition coefficient (Wildman–Crippen LogP) is 1.07. The number of carbonyl (C=O) groups is 1. The van der Waals surface area contributed by atoms with E-state index in [9.17, 15) is 9.90 Å². The van der Waals surface area contributed by atoms with E-state index in [4.69, 9.17) is 0 Å². The smallest absolute Gasteiger partial charge is 0.324 e. The molecule has 16 heavy (non-hydrogen) atoms. The number of nitrogens with one attached hydrogen (secondary N) is 1. The fourth-order valence-electron chi connectivity index (χ4n) is 3.22. The molecule has 0 aromatic carbocycles. The Balaban J connectivity index is 2.10. The maximum Gasteiger partial charge on any atom is 0.324 e. The number of carboxylic acid groups (broad SMARTS) is 1. The lowest BCUT2D eigenvalue weighted by atomic mass is 9.91. The molecule has 1 heterocycles. The third kappa shape index (κ3) is 1.96. The van der Waals surface area contributed by atoms with Gasteiger partial charge in [0.05, 0.1) is 0 Å². The molecule has 1 aliphatic carbocycles. The van der Waals surface area contributed by atoms with Crippen LogP contribution >= 0.6 is 0 Å². The van der Waals surface area contributed by atoms with Gasteiger partial charge in [0.2, 0.25) is 0 Å². The zero-order chi connectivity index (χ0) is 11.6. The van der Waals surface area contributed by atoms with Crippen molar-refractivity contribution in [3.63, 3.8) is 0 Å². The molecule has 0 atom stereocenters. The second-order valence-corrected chi connectivity index (χ2v) is 5.14. The lowest BCUT2D eigenvalue weighted by Crippen LogP contribution is -2.57. The minimum Gasteiger partial charge on any atom is -0.480 e. The quantitative estimate of drug-likeness (QED) is 0.756. The van der Waals surface area contributed by atoms with Gasteiger partial charge < -0.3 is 10.4 Å². The molecule has 0 spiro atoms. The fraction of sp³-hybridized carbons (Fsp3) is 0.917. The van der Waals surface area contributed by atoms with Gasteiger partial charge in [0.15, 0.2) is 0 Å². The predicted molar refractivity (Wildman–Crippen MR) is 62.5 cm³/mol. The number of likely N-dealkylation sites (N-methyl/N-ethyl adjacent to an activating group) is 1. The average molecular weight is 226 g/mol. The van der Waals surface area contributed by atoms with Gasteiger partial charge in [-0.3, -0.25) is 9.69 Å². The Kier molecular flexibility index (Phi) is 3.50. The van der Waals surface area contributed by atoms with E-state index in [0.29, 0.717) is 6.04 Å². The van der Waals surface area contributed by atoms with Crippen LogP contribution in [0.1, 0.15) is 38.5 Å². The molecule has 0 aromatic heterocycles. The van der Waals surface area contributed by atoms with Crippen LogP contribution in [0.5, 0.6) is 0 Å². The van der Waals surface area contributed by atoms with Crippen molar-refractivity contribution >= 4 is 5.97 Å². The molecule has 1 aliphatic heterocycles. The molecule has 0 radical (unpaired) electrons. The second-order valence-electron chi connectivity index (χ2n) is 5.14. The Morgan fingerprint density at radius 1 is 1.31 bits per heavy atom. The number of hydrogen-bond donors (Lipinski definition) is 2. The minimum atomic E-state index is -0.619. The monoisotopic (exact) mass is 226 g/mol. The van der Waals surface area contributed by atoms with Crippen LogP contribution in [0, 0.1) is 0 Å². The van der Waals surface area contributed by atoms with E-state index in [1.165, 1.54) is 0 Å². The van der Waals surface area contributed by atoms with Crippen LogP contribution < -0.4 is 5.32 Å². The van der Waals surface area contributed by atoms with Crippen LogP contribution in [-0.4, -0.2) is 47.7 Å². The zero-order valence-corrected chi connectivity index (χ0v) is 10.0. The van der Waals surface area contributed by atoms with Crippen LogP contribution in [0.2, 0.25) is 0 Å². The first-order valence-electron chi connectivity index (χ1n) is 6.34. The lowest BCUT2D eigenvalue weighted by Gasteiger charge is -2.42. The van der Waals surface area contributed by atoms with Gasteiger partial charge in [0.1, 0.15) is 5.54 Å². The maximum atomic E-state index is 11.6. The molecule has 0 amide bonds. The third-order valence-corrected chi connectivity index (χ3v) is 4.36. The van der Waals surface area contributed by atoms with E-state index in [-0.39, 0.29) is 0 Å². The molecule has 2 fully saturated rings. The molecule has 0 bridgehead atoms. The fourth-order valence-corrected chi connectivity index (χ4v) is 3.22. The summed E-state index contributed by atoms with van der Waals surface area (Å²) in [6.45, 7) is 2.04. The topological polar surface area (TPSA) is 52.6 Å². The Bertz CT molecular complexity index is 256. The third-order valence-electron chi connectivity index (χ3n) is 4.36. The molecule has 0 unspecified atom stereocenters. The summed E-state index contributed by atoms with van der Waals surface area (Å²) in [7, 11) is 2.01. The van der Waals surface area contributed by atoms with E-state index >= 15 is 0 Å². The molecule has 92 valence electrons. The van der Waals surface area contributed by atoms with Crippen molar-refractivity contribution in [3.8, 4) is 0 Å². The maximum absolute atomic E-state index is 11.6. The summed E-state index contributed by atoms with van der Waals surface area (Å²) in [5, 5.41) is 12.8. The van der Waals surface area contributed by atoms with Crippen LogP contribution in [0.15, 0.2) is 0 Å². The minimum absolute atomic E-state index is 0.440. The summed E-state index contributed by atoms with van der Waals surface area (Å²) < 4.78 is 0. The van der Waals surface area contributed by atoms with Crippen molar-refractivity contribution in [1.82, 2.24) is 10.2 Å². The molecule has 2 N–H and O–H groups in total. The number of hydrogen-bond acceptors (Lipinski definition) is 3. The highest BCUT2D eigenvalue weighted by Crippen LogP contribution is 2.37. The number of rotatable bonds is 3. The number of aliphatic carboxylic acids is 1. The number of nitrogens with zero attached hydrogens (tertiary/aromatic N) is 1. The second kappa shape index (κ2) is 4.72. The van der Waals surface area contributed by atoms with Gasteiger partial charge in [-0.15, -0.1) is 0 Å². The van der Waals surface area contributed by atoms with Gasteiger partial charge in [-0.05, 0) is 45.8 Å². The Morgan fingerprint density at radius 2 is 1.88 bits per heavy atom. The highest BCUT2D eigenvalue weighted by molar-refractivity contribution is 5.79. The first-order chi connectivity index (χ1) is 7.67. The van der Waals surface area contributed by atoms with Crippen LogP contribution in [0.3, 0.4) is 0 Å². The van der Waals surface area contributed by atoms with Crippen molar-refractivity contribution in [2.24, 2.45) is 0 Å². The lowest BCUT2D eigenvalue weighted by molar-refractivity contribution is -0.152. The largest absolute Gasteiger partial charge is 0.480 e. The van der Waals surface area contributed by atoms with Crippen molar-refractivity contribution in [1.29, 1.82) is 0 Å². The SMILES string of the molecule is CN(C1CCNCC1)C1(C(=O)O)CCCC1. The molecule has 2 aliphatic rings. The number of carboxylic acids is 1. The van der Waals surface area contributed by atoms with E-state index in [0.717, 1.165) is 51.6 Å². The average Bonchev–Trinajstić information content (AvgIpc) is 2.79. The molecule has 2 rings (SSSR count). The summed E-state index contributed by atoms with van der Waals surface area (Å²) in [5.41, 5.74) is -0.567. The molecular weight excluding hydrogens is 204 g/mol. The van der Waals surface area contributed by atoms with Crippen molar-refractivity contribution in [3.05, 3.63) is 0 Å². The van der Waals surface area contributed by atoms with Gasteiger partial charge in [-0.25, -0.2) is 0 Å². The summed E-state index contributed by atoms with van der Waals surface area (Å²) >= 11 is 0. The molecule has 4 heteroatoms. The normalized spacial score (nSPS) is 26.1. The first-order valence-corrected chi connectivity index (χ1v) is 6.34. The Hall–Kier alpha value is -0.610. The molecule has 1 saturated heterocycles. The van der Waals surface area contributed by atoms with Crippen molar-refractivity contribution in [2.75, 3.05) is 20.1 Å². The number of piperidine rings is 1. The summed E-state index contributed by atoms with van der Waals surface area (Å²) in [4.78, 5) is 13.7. The van der Waals surface area contributed by atoms with Crippen LogP contribution in [-0.2, 0) is 4.79 Å². The van der Waals surface area contributed by atoms with E-state index in [1.807, 2.05) is 7.05 Å². The van der Waals surface area contributed by atoms with Gasteiger partial charge in [-0.2, -0.15) is 0 Å².